The highest BCUT2D eigenvalue weighted by Gasteiger charge is 2.25. The molecule has 0 saturated carbocycles. The number of carbonyl (C=O) groups is 1. The third-order valence-corrected chi connectivity index (χ3v) is 7.73. The van der Waals surface area contributed by atoms with E-state index < -0.39 is 15.9 Å². The fourth-order valence-corrected chi connectivity index (χ4v) is 5.89. The smallest absolute Gasteiger partial charge is 0.317 e. The Morgan fingerprint density at radius 2 is 1.63 bits per heavy atom. The first-order valence-electron chi connectivity index (χ1n) is 14.2. The molecule has 0 amide bonds. The van der Waals surface area contributed by atoms with Crippen LogP contribution in [0.4, 0.5) is 5.69 Å². The van der Waals surface area contributed by atoms with Crippen LogP contribution in [0.1, 0.15) is 59.1 Å². The quantitative estimate of drug-likeness (QED) is 0.126. The van der Waals surface area contributed by atoms with Gasteiger partial charge in [-0.05, 0) is 106 Å². The monoisotopic (exact) mass is 575 g/mol. The Morgan fingerprint density at radius 1 is 0.902 bits per heavy atom. The molecule has 1 heterocycles. The minimum Gasteiger partial charge on any atom is -0.465 e. The molecule has 0 bridgehead atoms. The van der Waals surface area contributed by atoms with Crippen molar-refractivity contribution >= 4 is 32.6 Å². The van der Waals surface area contributed by atoms with E-state index >= 15 is 0 Å². The first-order valence-corrected chi connectivity index (χ1v) is 16.1. The van der Waals surface area contributed by atoms with Gasteiger partial charge >= 0.3 is 5.97 Å². The van der Waals surface area contributed by atoms with Crippen molar-refractivity contribution in [3.05, 3.63) is 100 Å². The maximum absolute atomic E-state index is 13.1. The molecule has 3 aromatic carbocycles. The lowest BCUT2D eigenvalue weighted by Crippen LogP contribution is -2.18. The molecule has 0 spiro atoms. The standard InChI is InChI=1S/C33H41N3O4S/c1-5-40-33(37)32(28-19-23(2)18-24(3)20-28)26-11-14-31-30(21-26)27(22-35-31)15-17-34-16-7-6-8-25-9-12-29(13-10-25)36-41(4,38)39/h9-14,18-22,32,34-36H,5-8,15-17H2,1-4H3. The van der Waals surface area contributed by atoms with E-state index in [0.29, 0.717) is 12.3 Å². The van der Waals surface area contributed by atoms with Crippen molar-refractivity contribution in [1.29, 1.82) is 0 Å². The van der Waals surface area contributed by atoms with E-state index in [0.717, 1.165) is 78.2 Å². The van der Waals surface area contributed by atoms with E-state index in [1.807, 2.05) is 25.1 Å². The summed E-state index contributed by atoms with van der Waals surface area (Å²) in [6.45, 7) is 8.09. The lowest BCUT2D eigenvalue weighted by Gasteiger charge is -2.18. The van der Waals surface area contributed by atoms with Crippen LogP contribution in [0.25, 0.3) is 10.9 Å². The summed E-state index contributed by atoms with van der Waals surface area (Å²) in [6.07, 6.45) is 7.15. The maximum atomic E-state index is 13.1. The van der Waals surface area contributed by atoms with Gasteiger partial charge in [0.25, 0.3) is 0 Å². The second kappa shape index (κ2) is 13.8. The number of nitrogens with one attached hydrogen (secondary N) is 3. The first-order chi connectivity index (χ1) is 19.6. The Balaban J connectivity index is 1.32. The molecule has 1 atom stereocenters. The molecule has 0 aliphatic rings. The predicted molar refractivity (Wildman–Crippen MR) is 167 cm³/mol. The number of H-pyrrole nitrogens is 1. The van der Waals surface area contributed by atoms with Crippen LogP contribution in [-0.2, 0) is 32.4 Å². The van der Waals surface area contributed by atoms with Crippen LogP contribution in [0.15, 0.2) is 66.9 Å². The highest BCUT2D eigenvalue weighted by Crippen LogP contribution is 2.31. The molecule has 7 nitrogen and oxygen atoms in total. The normalized spacial score (nSPS) is 12.4. The summed E-state index contributed by atoms with van der Waals surface area (Å²) in [4.78, 5) is 16.5. The number of rotatable bonds is 14. The number of carbonyl (C=O) groups excluding carboxylic acids is 1. The second-order valence-corrected chi connectivity index (χ2v) is 12.5. The van der Waals surface area contributed by atoms with Crippen LogP contribution in [-0.4, -0.2) is 45.3 Å². The maximum Gasteiger partial charge on any atom is 0.317 e. The third-order valence-electron chi connectivity index (χ3n) is 7.12. The van der Waals surface area contributed by atoms with Crippen molar-refractivity contribution in [2.24, 2.45) is 0 Å². The van der Waals surface area contributed by atoms with E-state index in [-0.39, 0.29) is 5.97 Å². The van der Waals surface area contributed by atoms with Crippen molar-refractivity contribution in [2.75, 3.05) is 30.7 Å². The Labute approximate surface area is 243 Å². The molecule has 1 unspecified atom stereocenters. The second-order valence-electron chi connectivity index (χ2n) is 10.8. The Hall–Kier alpha value is -3.62. The molecule has 8 heteroatoms. The number of aromatic nitrogens is 1. The van der Waals surface area contributed by atoms with Gasteiger partial charge in [0.15, 0.2) is 0 Å². The van der Waals surface area contributed by atoms with Gasteiger partial charge in [-0.25, -0.2) is 8.42 Å². The minimum absolute atomic E-state index is 0.225. The molecule has 0 aliphatic heterocycles. The van der Waals surface area contributed by atoms with E-state index in [1.165, 1.54) is 11.1 Å². The van der Waals surface area contributed by atoms with Gasteiger partial charge in [-0.1, -0.05) is 47.5 Å². The SMILES string of the molecule is CCOC(=O)C(c1cc(C)cc(C)c1)c1ccc2[nH]cc(CCNCCCCc3ccc(NS(C)(=O)=O)cc3)c2c1. The first kappa shape index (κ1) is 30.3. The molecule has 218 valence electrons. The lowest BCUT2D eigenvalue weighted by atomic mass is 9.88. The predicted octanol–water partition coefficient (Wildman–Crippen LogP) is 6.01. The summed E-state index contributed by atoms with van der Waals surface area (Å²) in [5, 5.41) is 4.69. The number of sulfonamides is 1. The summed E-state index contributed by atoms with van der Waals surface area (Å²) < 4.78 is 30.7. The molecule has 0 fully saturated rings. The van der Waals surface area contributed by atoms with Gasteiger partial charge in [-0.2, -0.15) is 0 Å². The van der Waals surface area contributed by atoms with Crippen LogP contribution in [0.2, 0.25) is 0 Å². The van der Waals surface area contributed by atoms with Gasteiger partial charge < -0.3 is 15.0 Å². The molecule has 1 aromatic heterocycles. The van der Waals surface area contributed by atoms with Gasteiger partial charge in [0.1, 0.15) is 5.92 Å². The summed E-state index contributed by atoms with van der Waals surface area (Å²) in [7, 11) is -3.25. The zero-order valence-electron chi connectivity index (χ0n) is 24.4. The zero-order chi connectivity index (χ0) is 29.4. The number of hydrogen-bond acceptors (Lipinski definition) is 5. The van der Waals surface area contributed by atoms with Crippen molar-refractivity contribution in [1.82, 2.24) is 10.3 Å². The Morgan fingerprint density at radius 3 is 2.32 bits per heavy atom. The van der Waals surface area contributed by atoms with Crippen LogP contribution in [0, 0.1) is 13.8 Å². The van der Waals surface area contributed by atoms with Crippen LogP contribution >= 0.6 is 0 Å². The van der Waals surface area contributed by atoms with Crippen LogP contribution < -0.4 is 10.0 Å². The number of aryl methyl sites for hydroxylation is 3. The molecule has 3 N–H and O–H groups in total. The average molecular weight is 576 g/mol. The van der Waals surface area contributed by atoms with Gasteiger partial charge in [-0.3, -0.25) is 9.52 Å². The fraction of sp³-hybridized carbons (Fsp3) is 0.364. The van der Waals surface area contributed by atoms with E-state index in [1.54, 1.807) is 12.1 Å². The van der Waals surface area contributed by atoms with Crippen LogP contribution in [0.3, 0.4) is 0 Å². The molecule has 0 radical (unpaired) electrons. The number of esters is 1. The van der Waals surface area contributed by atoms with Crippen LogP contribution in [0.5, 0.6) is 0 Å². The highest BCUT2D eigenvalue weighted by atomic mass is 32.2. The Bertz CT molecular complexity index is 1560. The van der Waals surface area contributed by atoms with Crippen molar-refractivity contribution in [3.63, 3.8) is 0 Å². The van der Waals surface area contributed by atoms with Gasteiger partial charge in [-0.15, -0.1) is 0 Å². The molecule has 4 aromatic rings. The molecular weight excluding hydrogens is 534 g/mol. The minimum atomic E-state index is -3.25. The van der Waals surface area contributed by atoms with Crippen molar-refractivity contribution < 1.29 is 17.9 Å². The molecule has 41 heavy (non-hydrogen) atoms. The van der Waals surface area contributed by atoms with Crippen molar-refractivity contribution in [3.8, 4) is 0 Å². The number of ether oxygens (including phenoxy) is 1. The largest absolute Gasteiger partial charge is 0.465 e. The van der Waals surface area contributed by atoms with Gasteiger partial charge in [0, 0.05) is 22.8 Å². The topological polar surface area (TPSA) is 100 Å². The van der Waals surface area contributed by atoms with E-state index in [9.17, 15) is 13.2 Å². The molecule has 4 rings (SSSR count). The average Bonchev–Trinajstić information content (AvgIpc) is 3.30. The number of hydrogen-bond donors (Lipinski definition) is 3. The van der Waals surface area contributed by atoms with E-state index in [2.05, 4.69) is 65.4 Å². The lowest BCUT2D eigenvalue weighted by molar-refractivity contribution is -0.143. The number of benzene rings is 3. The number of unbranched alkanes of at least 4 members (excludes halogenated alkanes) is 1. The summed E-state index contributed by atoms with van der Waals surface area (Å²) in [5.41, 5.74) is 8.22. The van der Waals surface area contributed by atoms with Crippen molar-refractivity contribution in [2.45, 2.75) is 52.4 Å². The summed E-state index contributed by atoms with van der Waals surface area (Å²) in [6, 6.07) is 20.0. The number of fused-ring (bicyclic) bond motifs is 1. The zero-order valence-corrected chi connectivity index (χ0v) is 25.2. The molecule has 0 saturated heterocycles. The fourth-order valence-electron chi connectivity index (χ4n) is 5.33. The van der Waals surface area contributed by atoms with Gasteiger partial charge in [0.05, 0.1) is 12.9 Å². The number of anilines is 1. The highest BCUT2D eigenvalue weighted by molar-refractivity contribution is 7.92. The summed E-state index contributed by atoms with van der Waals surface area (Å²) >= 11 is 0. The molecule has 0 aliphatic carbocycles. The molecular formula is C33H41N3O4S. The summed E-state index contributed by atoms with van der Waals surface area (Å²) in [5.74, 6) is -0.692. The van der Waals surface area contributed by atoms with E-state index in [4.69, 9.17) is 4.74 Å². The van der Waals surface area contributed by atoms with Gasteiger partial charge in [0.2, 0.25) is 10.0 Å². The third kappa shape index (κ3) is 8.68. The Kier molecular flexibility index (Phi) is 10.2. The number of aromatic amines is 1.